The number of hydrogen-bond acceptors (Lipinski definition) is 2. The molecule has 1 heterocycles. The third-order valence-electron chi connectivity index (χ3n) is 3.05. The minimum atomic E-state index is 0.642. The molecule has 0 saturated heterocycles. The minimum Gasteiger partial charge on any atom is -0.342 e. The summed E-state index contributed by atoms with van der Waals surface area (Å²) in [5.41, 5.74) is 7.42. The molecule has 0 fully saturated rings. The standard InChI is InChI=1S/C13H18ClN3/c1-9(7-8-15)5-6-12-16-11-4-2-3-10(14)13(11)17-12/h2-4,9H,5-8,15H2,1H3,(H,16,17). The summed E-state index contributed by atoms with van der Waals surface area (Å²) in [4.78, 5) is 7.83. The van der Waals surface area contributed by atoms with Crippen molar-refractivity contribution in [1.29, 1.82) is 0 Å². The highest BCUT2D eigenvalue weighted by Gasteiger charge is 2.07. The molecule has 0 radical (unpaired) electrons. The van der Waals surface area contributed by atoms with Crippen molar-refractivity contribution < 1.29 is 0 Å². The Bertz CT molecular complexity index is 492. The summed E-state index contributed by atoms with van der Waals surface area (Å²) in [6, 6.07) is 5.80. The van der Waals surface area contributed by atoms with Crippen LogP contribution < -0.4 is 5.73 Å². The minimum absolute atomic E-state index is 0.642. The summed E-state index contributed by atoms with van der Waals surface area (Å²) in [6.07, 6.45) is 3.13. The topological polar surface area (TPSA) is 54.7 Å². The largest absolute Gasteiger partial charge is 0.342 e. The molecule has 2 aromatic rings. The van der Waals surface area contributed by atoms with Gasteiger partial charge in [-0.25, -0.2) is 4.98 Å². The number of aryl methyl sites for hydroxylation is 1. The van der Waals surface area contributed by atoms with E-state index < -0.39 is 0 Å². The molecule has 1 unspecified atom stereocenters. The molecule has 17 heavy (non-hydrogen) atoms. The number of aromatic nitrogens is 2. The van der Waals surface area contributed by atoms with Gasteiger partial charge in [0.2, 0.25) is 0 Å². The molecule has 3 N–H and O–H groups in total. The normalized spacial score (nSPS) is 13.1. The van der Waals surface area contributed by atoms with Gasteiger partial charge in [-0.05, 0) is 37.4 Å². The molecule has 4 heteroatoms. The second kappa shape index (κ2) is 5.52. The summed E-state index contributed by atoms with van der Waals surface area (Å²) in [7, 11) is 0. The van der Waals surface area contributed by atoms with Crippen LogP contribution in [0.4, 0.5) is 0 Å². The van der Waals surface area contributed by atoms with Crippen LogP contribution in [-0.4, -0.2) is 16.5 Å². The lowest BCUT2D eigenvalue weighted by molar-refractivity contribution is 0.495. The van der Waals surface area contributed by atoms with Crippen LogP contribution in [-0.2, 0) is 6.42 Å². The Balaban J connectivity index is 2.07. The molecule has 0 bridgehead atoms. The number of halogens is 1. The Hall–Kier alpha value is -1.06. The molecular weight excluding hydrogens is 234 g/mol. The summed E-state index contributed by atoms with van der Waals surface area (Å²) < 4.78 is 0. The monoisotopic (exact) mass is 251 g/mol. The summed E-state index contributed by atoms with van der Waals surface area (Å²) in [5.74, 6) is 1.65. The van der Waals surface area contributed by atoms with E-state index in [4.69, 9.17) is 17.3 Å². The number of aromatic amines is 1. The highest BCUT2D eigenvalue weighted by Crippen LogP contribution is 2.21. The maximum Gasteiger partial charge on any atom is 0.107 e. The summed E-state index contributed by atoms with van der Waals surface area (Å²) >= 11 is 6.08. The molecule has 0 spiro atoms. The summed E-state index contributed by atoms with van der Waals surface area (Å²) in [5, 5.41) is 0.708. The SMILES string of the molecule is CC(CCN)CCc1nc2c(Cl)cccc2[nH]1. The predicted molar refractivity (Wildman–Crippen MR) is 72.3 cm³/mol. The van der Waals surface area contributed by atoms with Gasteiger partial charge < -0.3 is 10.7 Å². The molecule has 1 aromatic heterocycles. The molecule has 2 rings (SSSR count). The van der Waals surface area contributed by atoms with E-state index in [-0.39, 0.29) is 0 Å². The lowest BCUT2D eigenvalue weighted by Crippen LogP contribution is -2.06. The molecule has 0 amide bonds. The Labute approximate surface area is 106 Å². The van der Waals surface area contributed by atoms with E-state index in [9.17, 15) is 0 Å². The smallest absolute Gasteiger partial charge is 0.107 e. The van der Waals surface area contributed by atoms with E-state index in [1.54, 1.807) is 0 Å². The zero-order valence-electron chi connectivity index (χ0n) is 10.0. The van der Waals surface area contributed by atoms with Crippen molar-refractivity contribution in [2.75, 3.05) is 6.54 Å². The van der Waals surface area contributed by atoms with E-state index in [1.807, 2.05) is 18.2 Å². The van der Waals surface area contributed by atoms with Crippen LogP contribution in [0.3, 0.4) is 0 Å². The first kappa shape index (κ1) is 12.4. The highest BCUT2D eigenvalue weighted by molar-refractivity contribution is 6.34. The Morgan fingerprint density at radius 1 is 1.41 bits per heavy atom. The van der Waals surface area contributed by atoms with Crippen LogP contribution in [0.1, 0.15) is 25.6 Å². The number of imidazole rings is 1. The van der Waals surface area contributed by atoms with Crippen LogP contribution in [0.2, 0.25) is 5.02 Å². The molecule has 0 saturated carbocycles. The molecule has 3 nitrogen and oxygen atoms in total. The fraction of sp³-hybridized carbons (Fsp3) is 0.462. The summed E-state index contributed by atoms with van der Waals surface area (Å²) in [6.45, 7) is 2.98. The number of nitrogens with two attached hydrogens (primary N) is 1. The number of nitrogens with zero attached hydrogens (tertiary/aromatic N) is 1. The third kappa shape index (κ3) is 2.99. The van der Waals surface area contributed by atoms with Gasteiger partial charge in [0.1, 0.15) is 11.3 Å². The number of para-hydroxylation sites is 1. The molecule has 0 aliphatic heterocycles. The third-order valence-corrected chi connectivity index (χ3v) is 3.35. The maximum absolute atomic E-state index is 6.08. The van der Waals surface area contributed by atoms with E-state index in [1.165, 1.54) is 0 Å². The molecule has 1 aromatic carbocycles. The number of nitrogens with one attached hydrogen (secondary N) is 1. The molecular formula is C13H18ClN3. The van der Waals surface area contributed by atoms with Crippen molar-refractivity contribution in [3.63, 3.8) is 0 Å². The fourth-order valence-electron chi connectivity index (χ4n) is 1.98. The first-order chi connectivity index (χ1) is 8.20. The lowest BCUT2D eigenvalue weighted by atomic mass is 10.0. The van der Waals surface area contributed by atoms with Gasteiger partial charge >= 0.3 is 0 Å². The van der Waals surface area contributed by atoms with Crippen LogP contribution in [0.15, 0.2) is 18.2 Å². The zero-order valence-corrected chi connectivity index (χ0v) is 10.8. The average Bonchev–Trinajstić information content (AvgIpc) is 2.71. The molecule has 92 valence electrons. The Kier molecular flexibility index (Phi) is 4.02. The van der Waals surface area contributed by atoms with Crippen LogP contribution in [0.5, 0.6) is 0 Å². The van der Waals surface area contributed by atoms with E-state index in [2.05, 4.69) is 16.9 Å². The van der Waals surface area contributed by atoms with Gasteiger partial charge in [0.25, 0.3) is 0 Å². The van der Waals surface area contributed by atoms with Gasteiger partial charge in [0.05, 0.1) is 10.5 Å². The van der Waals surface area contributed by atoms with Gasteiger partial charge in [-0.15, -0.1) is 0 Å². The van der Waals surface area contributed by atoms with E-state index >= 15 is 0 Å². The van der Waals surface area contributed by atoms with Gasteiger partial charge in [-0.2, -0.15) is 0 Å². The number of fused-ring (bicyclic) bond motifs is 1. The highest BCUT2D eigenvalue weighted by atomic mass is 35.5. The maximum atomic E-state index is 6.08. The first-order valence-electron chi connectivity index (χ1n) is 6.04. The van der Waals surface area contributed by atoms with Crippen molar-refractivity contribution in [2.45, 2.75) is 26.2 Å². The quantitative estimate of drug-likeness (QED) is 0.858. The second-order valence-electron chi connectivity index (χ2n) is 4.54. The molecule has 0 aliphatic rings. The van der Waals surface area contributed by atoms with Crippen molar-refractivity contribution in [3.05, 3.63) is 29.0 Å². The number of benzene rings is 1. The van der Waals surface area contributed by atoms with Gasteiger partial charge in [0.15, 0.2) is 0 Å². The van der Waals surface area contributed by atoms with Gasteiger partial charge in [-0.1, -0.05) is 24.6 Å². The van der Waals surface area contributed by atoms with Crippen molar-refractivity contribution >= 4 is 22.6 Å². The van der Waals surface area contributed by atoms with E-state index in [0.717, 1.165) is 42.7 Å². The zero-order chi connectivity index (χ0) is 12.3. The van der Waals surface area contributed by atoms with E-state index in [0.29, 0.717) is 10.9 Å². The number of rotatable bonds is 5. The van der Waals surface area contributed by atoms with Gasteiger partial charge in [-0.3, -0.25) is 0 Å². The first-order valence-corrected chi connectivity index (χ1v) is 6.41. The fourth-order valence-corrected chi connectivity index (χ4v) is 2.20. The van der Waals surface area contributed by atoms with Crippen molar-refractivity contribution in [2.24, 2.45) is 11.7 Å². The van der Waals surface area contributed by atoms with Crippen molar-refractivity contribution in [1.82, 2.24) is 9.97 Å². The predicted octanol–water partition coefficient (Wildman–Crippen LogP) is 3.13. The van der Waals surface area contributed by atoms with Crippen molar-refractivity contribution in [3.8, 4) is 0 Å². The van der Waals surface area contributed by atoms with Gasteiger partial charge in [0, 0.05) is 6.42 Å². The second-order valence-corrected chi connectivity index (χ2v) is 4.95. The molecule has 1 atom stereocenters. The number of H-pyrrole nitrogens is 1. The Morgan fingerprint density at radius 2 is 2.24 bits per heavy atom. The van der Waals surface area contributed by atoms with Crippen LogP contribution in [0.25, 0.3) is 11.0 Å². The Morgan fingerprint density at radius 3 is 2.94 bits per heavy atom. The van der Waals surface area contributed by atoms with Crippen LogP contribution >= 0.6 is 11.6 Å². The molecule has 0 aliphatic carbocycles. The van der Waals surface area contributed by atoms with Crippen LogP contribution in [0, 0.1) is 5.92 Å². The lowest BCUT2D eigenvalue weighted by Gasteiger charge is -2.07. The number of hydrogen-bond donors (Lipinski definition) is 2. The average molecular weight is 252 g/mol.